The summed E-state index contributed by atoms with van der Waals surface area (Å²) >= 11 is 5.71. The number of ether oxygens (including phenoxy) is 1. The molecule has 202 valence electrons. The largest absolute Gasteiger partial charge is 0.381 e. The molecule has 1 N–H and O–H groups in total. The molecular weight excluding hydrogens is 444 g/mol. The summed E-state index contributed by atoms with van der Waals surface area (Å²) in [5, 5.41) is 3.01. The Balaban J connectivity index is 1.85. The fourth-order valence-corrected chi connectivity index (χ4v) is 5.14. The van der Waals surface area contributed by atoms with E-state index in [9.17, 15) is 4.79 Å². The molecule has 1 fully saturated rings. The number of likely N-dealkylation sites (tertiary alicyclic amines) is 1. The van der Waals surface area contributed by atoms with Crippen LogP contribution in [0.1, 0.15) is 142 Å². The van der Waals surface area contributed by atoms with Crippen LogP contribution in [-0.4, -0.2) is 49.2 Å². The van der Waals surface area contributed by atoms with Gasteiger partial charge in [0, 0.05) is 38.2 Å². The number of carbonyl (C=O) groups excluding carboxylic acids is 1. The van der Waals surface area contributed by atoms with Crippen LogP contribution in [0.15, 0.2) is 0 Å². The van der Waals surface area contributed by atoms with Crippen molar-refractivity contribution in [2.75, 3.05) is 32.2 Å². The lowest BCUT2D eigenvalue weighted by atomic mass is 10.00. The van der Waals surface area contributed by atoms with Crippen molar-refractivity contribution in [3.05, 3.63) is 0 Å². The standard InChI is InChI=1S/C29H57ClN2O2/c1-2-3-4-5-6-7-8-9-10-11-12-13-14-15-16-19-26-34-27-22-28-21-17-18-25-32(28)29(33)31-24-20-23-30/h28H,2-27H2,1H3,(H,31,33). The molecule has 1 aliphatic rings. The Morgan fingerprint density at radius 1 is 0.794 bits per heavy atom. The Morgan fingerprint density at radius 3 is 1.91 bits per heavy atom. The predicted octanol–water partition coefficient (Wildman–Crippen LogP) is 8.85. The number of nitrogens with zero attached hydrogens (tertiary/aromatic N) is 1. The Hall–Kier alpha value is -0.480. The third-order valence-electron chi connectivity index (χ3n) is 7.21. The zero-order valence-corrected chi connectivity index (χ0v) is 23.4. The van der Waals surface area contributed by atoms with Gasteiger partial charge in [-0.3, -0.25) is 0 Å². The summed E-state index contributed by atoms with van der Waals surface area (Å²) in [7, 11) is 0. The molecule has 0 saturated carbocycles. The molecule has 0 bridgehead atoms. The van der Waals surface area contributed by atoms with E-state index in [1.165, 1.54) is 109 Å². The van der Waals surface area contributed by atoms with Gasteiger partial charge in [0.1, 0.15) is 0 Å². The summed E-state index contributed by atoms with van der Waals surface area (Å²) in [6, 6.07) is 0.406. The van der Waals surface area contributed by atoms with E-state index >= 15 is 0 Å². The Kier molecular flexibility index (Phi) is 22.5. The highest BCUT2D eigenvalue weighted by Crippen LogP contribution is 2.20. The molecule has 1 heterocycles. The van der Waals surface area contributed by atoms with Crippen LogP contribution in [0.5, 0.6) is 0 Å². The average Bonchev–Trinajstić information content (AvgIpc) is 2.85. The molecule has 34 heavy (non-hydrogen) atoms. The number of rotatable bonds is 23. The van der Waals surface area contributed by atoms with Crippen molar-refractivity contribution >= 4 is 17.6 Å². The van der Waals surface area contributed by atoms with Crippen molar-refractivity contribution in [2.45, 2.75) is 148 Å². The van der Waals surface area contributed by atoms with E-state index in [1.807, 2.05) is 4.90 Å². The van der Waals surface area contributed by atoms with Gasteiger partial charge in [-0.15, -0.1) is 11.6 Å². The highest BCUT2D eigenvalue weighted by Gasteiger charge is 2.26. The highest BCUT2D eigenvalue weighted by molar-refractivity contribution is 6.17. The van der Waals surface area contributed by atoms with Crippen LogP contribution in [0.25, 0.3) is 0 Å². The van der Waals surface area contributed by atoms with Crippen LogP contribution in [0.2, 0.25) is 0 Å². The van der Waals surface area contributed by atoms with Gasteiger partial charge in [0.15, 0.2) is 0 Å². The predicted molar refractivity (Wildman–Crippen MR) is 148 cm³/mol. The number of carbonyl (C=O) groups is 1. The monoisotopic (exact) mass is 500 g/mol. The molecule has 0 spiro atoms. The fourth-order valence-electron chi connectivity index (χ4n) is 5.01. The lowest BCUT2D eigenvalue weighted by Crippen LogP contribution is -2.49. The van der Waals surface area contributed by atoms with Crippen LogP contribution >= 0.6 is 11.6 Å². The minimum absolute atomic E-state index is 0.0765. The maximum Gasteiger partial charge on any atom is 0.317 e. The number of piperidine rings is 1. The number of alkyl halides is 1. The van der Waals surface area contributed by atoms with Gasteiger partial charge in [-0.2, -0.15) is 0 Å². The van der Waals surface area contributed by atoms with Crippen LogP contribution in [-0.2, 0) is 4.74 Å². The van der Waals surface area contributed by atoms with Gasteiger partial charge in [0.05, 0.1) is 0 Å². The molecular formula is C29H57ClN2O2. The molecule has 5 heteroatoms. The third-order valence-corrected chi connectivity index (χ3v) is 7.48. The number of hydrogen-bond donors (Lipinski definition) is 1. The van der Waals surface area contributed by atoms with Crippen LogP contribution in [0, 0.1) is 0 Å². The van der Waals surface area contributed by atoms with Crippen molar-refractivity contribution < 1.29 is 9.53 Å². The van der Waals surface area contributed by atoms with Crippen molar-refractivity contribution in [1.29, 1.82) is 0 Å². The topological polar surface area (TPSA) is 41.6 Å². The summed E-state index contributed by atoms with van der Waals surface area (Å²) in [6.45, 7) is 5.47. The van der Waals surface area contributed by atoms with E-state index in [0.29, 0.717) is 18.5 Å². The SMILES string of the molecule is CCCCCCCCCCCCCCCCCCOCCC1CCCCN1C(=O)NCCCCl. The number of hydrogen-bond acceptors (Lipinski definition) is 2. The van der Waals surface area contributed by atoms with Gasteiger partial charge < -0.3 is 15.0 Å². The first-order chi connectivity index (χ1) is 16.8. The van der Waals surface area contributed by atoms with E-state index in [-0.39, 0.29) is 6.03 Å². The average molecular weight is 501 g/mol. The fraction of sp³-hybridized carbons (Fsp3) is 0.966. The minimum atomic E-state index is 0.0765. The molecule has 0 aromatic heterocycles. The molecule has 1 aliphatic heterocycles. The second-order valence-corrected chi connectivity index (χ2v) is 10.7. The van der Waals surface area contributed by atoms with Gasteiger partial charge in [0.25, 0.3) is 0 Å². The number of unbranched alkanes of at least 4 members (excludes halogenated alkanes) is 15. The summed E-state index contributed by atoms with van der Waals surface area (Å²) in [4.78, 5) is 14.4. The highest BCUT2D eigenvalue weighted by atomic mass is 35.5. The van der Waals surface area contributed by atoms with Crippen molar-refractivity contribution in [3.8, 4) is 0 Å². The van der Waals surface area contributed by atoms with Gasteiger partial charge in [0.2, 0.25) is 0 Å². The normalized spacial score (nSPS) is 16.2. The zero-order valence-electron chi connectivity index (χ0n) is 22.6. The lowest BCUT2D eigenvalue weighted by Gasteiger charge is -2.35. The van der Waals surface area contributed by atoms with Gasteiger partial charge in [-0.05, 0) is 38.5 Å². The molecule has 0 aromatic carbocycles. The van der Waals surface area contributed by atoms with Gasteiger partial charge in [-0.1, -0.05) is 103 Å². The molecule has 0 radical (unpaired) electrons. The van der Waals surface area contributed by atoms with Crippen LogP contribution in [0.3, 0.4) is 0 Å². The molecule has 1 saturated heterocycles. The van der Waals surface area contributed by atoms with E-state index < -0.39 is 0 Å². The molecule has 1 atom stereocenters. The van der Waals surface area contributed by atoms with Crippen molar-refractivity contribution in [1.82, 2.24) is 10.2 Å². The number of urea groups is 1. The first kappa shape index (κ1) is 31.5. The zero-order chi connectivity index (χ0) is 24.5. The summed E-state index contributed by atoms with van der Waals surface area (Å²) in [5.41, 5.74) is 0. The van der Waals surface area contributed by atoms with E-state index in [1.54, 1.807) is 0 Å². The molecule has 1 unspecified atom stereocenters. The Bertz CT molecular complexity index is 450. The van der Waals surface area contributed by atoms with Gasteiger partial charge >= 0.3 is 6.03 Å². The lowest BCUT2D eigenvalue weighted by molar-refractivity contribution is 0.0895. The summed E-state index contributed by atoms with van der Waals surface area (Å²) in [6.07, 6.45) is 27.6. The third kappa shape index (κ3) is 17.9. The summed E-state index contributed by atoms with van der Waals surface area (Å²) < 4.78 is 5.91. The second-order valence-electron chi connectivity index (χ2n) is 10.3. The maximum atomic E-state index is 12.4. The van der Waals surface area contributed by atoms with E-state index in [0.717, 1.165) is 45.4 Å². The molecule has 1 rings (SSSR count). The second kappa shape index (κ2) is 24.2. The first-order valence-electron chi connectivity index (χ1n) is 15.0. The van der Waals surface area contributed by atoms with E-state index in [2.05, 4.69) is 12.2 Å². The number of amides is 2. The maximum absolute atomic E-state index is 12.4. The molecule has 0 aromatic rings. The smallest absolute Gasteiger partial charge is 0.317 e. The minimum Gasteiger partial charge on any atom is -0.381 e. The molecule has 4 nitrogen and oxygen atoms in total. The van der Waals surface area contributed by atoms with Crippen molar-refractivity contribution in [2.24, 2.45) is 0 Å². The molecule has 0 aliphatic carbocycles. The Morgan fingerprint density at radius 2 is 1.35 bits per heavy atom. The number of nitrogens with one attached hydrogen (secondary N) is 1. The molecule has 2 amide bonds. The van der Waals surface area contributed by atoms with Crippen LogP contribution < -0.4 is 5.32 Å². The van der Waals surface area contributed by atoms with Gasteiger partial charge in [-0.25, -0.2) is 4.79 Å². The Labute approximate surface area is 217 Å². The van der Waals surface area contributed by atoms with Crippen LogP contribution in [0.4, 0.5) is 4.79 Å². The van der Waals surface area contributed by atoms with E-state index in [4.69, 9.17) is 16.3 Å². The van der Waals surface area contributed by atoms with Crippen molar-refractivity contribution in [3.63, 3.8) is 0 Å². The first-order valence-corrected chi connectivity index (χ1v) is 15.5. The number of halogens is 1. The quantitative estimate of drug-likeness (QED) is 0.112. The summed E-state index contributed by atoms with van der Waals surface area (Å²) in [5.74, 6) is 0.594.